The number of rotatable bonds is 7. The smallest absolute Gasteiger partial charge is 0.258 e. The molecule has 0 radical (unpaired) electrons. The van der Waals surface area contributed by atoms with Gasteiger partial charge in [0.15, 0.2) is 6.23 Å². The number of ether oxygens (including phenoxy) is 3. The van der Waals surface area contributed by atoms with Gasteiger partial charge in [-0.05, 0) is 35.6 Å². The average Bonchev–Trinajstić information content (AvgIpc) is 2.97. The molecule has 4 aromatic rings. The van der Waals surface area contributed by atoms with Crippen LogP contribution in [0.25, 0.3) is 21.9 Å². The van der Waals surface area contributed by atoms with Crippen LogP contribution in [-0.2, 0) is 9.47 Å². The minimum absolute atomic E-state index is 0.272. The summed E-state index contributed by atoms with van der Waals surface area (Å²) in [7, 11) is 4.91. The van der Waals surface area contributed by atoms with Gasteiger partial charge in [0.05, 0.1) is 25.9 Å². The summed E-state index contributed by atoms with van der Waals surface area (Å²) >= 11 is 0. The number of benzene rings is 3. The van der Waals surface area contributed by atoms with Gasteiger partial charge in [-0.1, -0.05) is 48.5 Å². The van der Waals surface area contributed by atoms with E-state index in [1.807, 2.05) is 67.6 Å². The van der Waals surface area contributed by atoms with Crippen LogP contribution >= 0.6 is 0 Å². The number of nitrogens with zero attached hydrogens (tertiary/aromatic N) is 3. The topological polar surface area (TPSA) is 84.0 Å². The van der Waals surface area contributed by atoms with Gasteiger partial charge in [0.25, 0.3) is 5.91 Å². The zero-order valence-electron chi connectivity index (χ0n) is 22.7. The number of aryl methyl sites for hydroxylation is 1. The highest BCUT2D eigenvalue weighted by Gasteiger charge is 2.30. The number of methoxy groups -OCH3 is 2. The van der Waals surface area contributed by atoms with Gasteiger partial charge in [0, 0.05) is 42.9 Å². The standard InChI is InChI=1S/C31H33N3O5/c1-21-9-5-7-11-24(21)26-19-29(34(36)13-15-39-16-14-34)32-20-27(26)30(35)33(2)31(38-4)23-17-22-10-6-8-12-25(22)28(18-23)37-3/h5-12,17-20,31H,13-16H2,1-4H3. The summed E-state index contributed by atoms with van der Waals surface area (Å²) in [6.07, 6.45) is 0.842. The molecule has 2 heterocycles. The highest BCUT2D eigenvalue weighted by Crippen LogP contribution is 2.36. The Morgan fingerprint density at radius 3 is 2.46 bits per heavy atom. The Balaban J connectivity index is 1.57. The number of pyridine rings is 1. The number of morpholine rings is 1. The maximum atomic E-state index is 14.1. The van der Waals surface area contributed by atoms with Crippen LogP contribution in [0, 0.1) is 12.1 Å². The largest absolute Gasteiger partial charge is 0.626 e. The zero-order chi connectivity index (χ0) is 27.6. The molecule has 3 aromatic carbocycles. The zero-order valence-corrected chi connectivity index (χ0v) is 22.7. The molecular formula is C31H33N3O5. The van der Waals surface area contributed by atoms with E-state index in [9.17, 15) is 10.0 Å². The van der Waals surface area contributed by atoms with Crippen molar-refractivity contribution in [3.05, 3.63) is 94.8 Å². The van der Waals surface area contributed by atoms with Gasteiger partial charge in [0.1, 0.15) is 18.8 Å². The highest BCUT2D eigenvalue weighted by atomic mass is 16.6. The summed E-state index contributed by atoms with van der Waals surface area (Å²) in [6.45, 7) is 3.30. The number of quaternary nitrogens is 1. The number of hydroxylamine groups is 2. The Bertz CT molecular complexity index is 1500. The number of carbonyl (C=O) groups is 1. The van der Waals surface area contributed by atoms with Crippen LogP contribution in [0.15, 0.2) is 72.9 Å². The maximum Gasteiger partial charge on any atom is 0.258 e. The maximum absolute atomic E-state index is 14.1. The van der Waals surface area contributed by atoms with E-state index in [4.69, 9.17) is 14.2 Å². The van der Waals surface area contributed by atoms with Gasteiger partial charge in [-0.2, -0.15) is 0 Å². The first-order valence-electron chi connectivity index (χ1n) is 13.0. The molecule has 202 valence electrons. The third-order valence-electron chi connectivity index (χ3n) is 7.41. The molecule has 0 N–H and O–H groups in total. The average molecular weight is 528 g/mol. The Morgan fingerprint density at radius 2 is 1.74 bits per heavy atom. The summed E-state index contributed by atoms with van der Waals surface area (Å²) in [5.41, 5.74) is 3.71. The second kappa shape index (κ2) is 11.1. The van der Waals surface area contributed by atoms with Crippen LogP contribution in [0.4, 0.5) is 5.82 Å². The van der Waals surface area contributed by atoms with E-state index in [-0.39, 0.29) is 19.0 Å². The third-order valence-corrected chi connectivity index (χ3v) is 7.41. The molecule has 1 unspecified atom stereocenters. The normalized spacial score (nSPS) is 15.6. The number of aromatic nitrogens is 1. The lowest BCUT2D eigenvalue weighted by atomic mass is 9.96. The van der Waals surface area contributed by atoms with Crippen LogP contribution in [-0.4, -0.2) is 63.4 Å². The molecule has 1 saturated heterocycles. The quantitative estimate of drug-likeness (QED) is 0.180. The summed E-state index contributed by atoms with van der Waals surface area (Å²) in [5.74, 6) is 0.802. The SMILES string of the molecule is COc1cc(C(OC)N(C)C(=O)c2cnc([N+]3([O-])CCOCC3)cc2-c2ccccc2C)cc2ccccc12. The molecule has 5 rings (SSSR count). The van der Waals surface area contributed by atoms with Crippen molar-refractivity contribution in [1.29, 1.82) is 0 Å². The predicted molar refractivity (Wildman–Crippen MR) is 152 cm³/mol. The Kier molecular flexibility index (Phi) is 7.63. The van der Waals surface area contributed by atoms with Crippen LogP contribution in [0.3, 0.4) is 0 Å². The molecule has 0 aliphatic carbocycles. The number of amides is 1. The van der Waals surface area contributed by atoms with Crippen molar-refractivity contribution in [2.24, 2.45) is 0 Å². The molecule has 1 aromatic heterocycles. The Hall–Kier alpha value is -3.82. The van der Waals surface area contributed by atoms with Crippen LogP contribution in [0.2, 0.25) is 0 Å². The second-order valence-corrected chi connectivity index (χ2v) is 9.80. The molecule has 8 heteroatoms. The molecule has 1 amide bonds. The molecule has 8 nitrogen and oxygen atoms in total. The second-order valence-electron chi connectivity index (χ2n) is 9.80. The molecular weight excluding hydrogens is 494 g/mol. The van der Waals surface area contributed by atoms with Gasteiger partial charge < -0.3 is 29.0 Å². The fourth-order valence-corrected chi connectivity index (χ4v) is 5.23. The molecule has 1 aliphatic heterocycles. The van der Waals surface area contributed by atoms with E-state index < -0.39 is 10.9 Å². The van der Waals surface area contributed by atoms with Gasteiger partial charge in [-0.3, -0.25) is 4.79 Å². The van der Waals surface area contributed by atoms with E-state index in [0.29, 0.717) is 35.9 Å². The summed E-state index contributed by atoms with van der Waals surface area (Å²) in [6, 6.07) is 21.4. The number of hydrogen-bond donors (Lipinski definition) is 0. The van der Waals surface area contributed by atoms with Gasteiger partial charge in [0.2, 0.25) is 5.82 Å². The highest BCUT2D eigenvalue weighted by molar-refractivity contribution is 6.01. The van der Waals surface area contributed by atoms with E-state index in [2.05, 4.69) is 4.98 Å². The Labute approximate surface area is 228 Å². The van der Waals surface area contributed by atoms with Crippen molar-refractivity contribution < 1.29 is 19.0 Å². The van der Waals surface area contributed by atoms with E-state index in [1.54, 1.807) is 32.2 Å². The lowest BCUT2D eigenvalue weighted by Gasteiger charge is -2.43. The van der Waals surface area contributed by atoms with Crippen molar-refractivity contribution >= 4 is 22.5 Å². The van der Waals surface area contributed by atoms with Gasteiger partial charge in [-0.15, -0.1) is 0 Å². The van der Waals surface area contributed by atoms with E-state index in [0.717, 1.165) is 27.5 Å². The molecule has 39 heavy (non-hydrogen) atoms. The van der Waals surface area contributed by atoms with Crippen LogP contribution in [0.5, 0.6) is 5.75 Å². The Morgan fingerprint density at radius 1 is 1.03 bits per heavy atom. The van der Waals surface area contributed by atoms with Crippen molar-refractivity contribution in [3.63, 3.8) is 0 Å². The van der Waals surface area contributed by atoms with Gasteiger partial charge >= 0.3 is 0 Å². The van der Waals surface area contributed by atoms with Crippen molar-refractivity contribution in [2.75, 3.05) is 47.6 Å². The minimum Gasteiger partial charge on any atom is -0.626 e. The fourth-order valence-electron chi connectivity index (χ4n) is 5.23. The van der Waals surface area contributed by atoms with Crippen molar-refractivity contribution in [3.8, 4) is 16.9 Å². The first-order valence-corrected chi connectivity index (χ1v) is 13.0. The van der Waals surface area contributed by atoms with Crippen molar-refractivity contribution in [2.45, 2.75) is 13.2 Å². The summed E-state index contributed by atoms with van der Waals surface area (Å²) < 4.78 is 16.3. The third kappa shape index (κ3) is 5.12. The summed E-state index contributed by atoms with van der Waals surface area (Å²) in [4.78, 5) is 20.2. The monoisotopic (exact) mass is 527 g/mol. The lowest BCUT2D eigenvalue weighted by Crippen LogP contribution is -2.52. The minimum atomic E-state index is -0.683. The molecule has 0 bridgehead atoms. The van der Waals surface area contributed by atoms with Gasteiger partial charge in [-0.25, -0.2) is 4.98 Å². The molecule has 1 fully saturated rings. The number of fused-ring (bicyclic) bond motifs is 1. The first kappa shape index (κ1) is 26.8. The van der Waals surface area contributed by atoms with Crippen LogP contribution in [0.1, 0.15) is 27.7 Å². The van der Waals surface area contributed by atoms with Crippen LogP contribution < -0.4 is 9.38 Å². The molecule has 1 aliphatic rings. The molecule has 0 spiro atoms. The van der Waals surface area contributed by atoms with Crippen molar-refractivity contribution in [1.82, 2.24) is 14.5 Å². The molecule has 0 saturated carbocycles. The number of hydrogen-bond acceptors (Lipinski definition) is 6. The van der Waals surface area contributed by atoms with E-state index >= 15 is 0 Å². The predicted octanol–water partition coefficient (Wildman–Crippen LogP) is 5.47. The fraction of sp³-hybridized carbons (Fsp3) is 0.290. The molecule has 1 atom stereocenters. The first-order chi connectivity index (χ1) is 18.9. The summed E-state index contributed by atoms with van der Waals surface area (Å²) in [5, 5.41) is 15.5. The lowest BCUT2D eigenvalue weighted by molar-refractivity contribution is -0.0110. The number of carbonyl (C=O) groups excluding carboxylic acids is 1. The van der Waals surface area contributed by atoms with E-state index in [1.165, 1.54) is 6.20 Å².